The summed E-state index contributed by atoms with van der Waals surface area (Å²) in [5.41, 5.74) is 1.26. The van der Waals surface area contributed by atoms with Crippen LogP contribution in [0.5, 0.6) is 0 Å². The van der Waals surface area contributed by atoms with Crippen LogP contribution in [0.2, 0.25) is 0 Å². The number of aryl methyl sites for hydroxylation is 3. The Morgan fingerprint density at radius 3 is 2.86 bits per heavy atom. The van der Waals surface area contributed by atoms with E-state index in [4.69, 9.17) is 0 Å². The Bertz CT molecular complexity index is 735. The molecule has 0 atom stereocenters. The minimum atomic E-state index is 0.692. The topological polar surface area (TPSA) is 35.6 Å². The number of rotatable bonds is 6. The second kappa shape index (κ2) is 6.48. The number of hydrogen-bond acceptors (Lipinski definition) is 3. The van der Waals surface area contributed by atoms with Gasteiger partial charge in [0.05, 0.1) is 11.1 Å². The van der Waals surface area contributed by atoms with Crippen molar-refractivity contribution in [2.45, 2.75) is 33.2 Å². The Labute approximate surface area is 135 Å². The van der Waals surface area contributed by atoms with E-state index in [1.165, 1.54) is 15.3 Å². The molecule has 3 aromatic heterocycles. The highest BCUT2D eigenvalue weighted by molar-refractivity contribution is 7.15. The van der Waals surface area contributed by atoms with Crippen LogP contribution in [0.1, 0.15) is 24.3 Å². The summed E-state index contributed by atoms with van der Waals surface area (Å²) in [5, 5.41) is 4.22. The van der Waals surface area contributed by atoms with E-state index in [1.807, 2.05) is 35.5 Å². The quantitative estimate of drug-likeness (QED) is 0.694. The molecule has 0 aliphatic carbocycles. The summed E-state index contributed by atoms with van der Waals surface area (Å²) in [7, 11) is 1.95. The van der Waals surface area contributed by atoms with Gasteiger partial charge in [-0.05, 0) is 36.5 Å². The van der Waals surface area contributed by atoms with Gasteiger partial charge in [0.15, 0.2) is 0 Å². The van der Waals surface area contributed by atoms with E-state index in [9.17, 15) is 0 Å². The van der Waals surface area contributed by atoms with E-state index in [0.717, 1.165) is 25.2 Å². The maximum atomic E-state index is 4.55. The Balaban J connectivity index is 1.72. The third-order valence-electron chi connectivity index (χ3n) is 3.61. The van der Waals surface area contributed by atoms with Gasteiger partial charge in [0.2, 0.25) is 0 Å². The van der Waals surface area contributed by atoms with Gasteiger partial charge < -0.3 is 4.57 Å². The first-order valence-electron chi connectivity index (χ1n) is 7.69. The smallest absolute Gasteiger partial charge is 0.150 e. The predicted molar refractivity (Wildman–Crippen MR) is 91.0 cm³/mol. The average Bonchev–Trinajstić information content (AvgIpc) is 3.16. The van der Waals surface area contributed by atoms with Gasteiger partial charge in [0.25, 0.3) is 0 Å². The minimum absolute atomic E-state index is 0.692. The monoisotopic (exact) mass is 314 g/mol. The van der Waals surface area contributed by atoms with Crippen molar-refractivity contribution in [3.8, 4) is 10.7 Å². The van der Waals surface area contributed by atoms with Crippen LogP contribution in [0.3, 0.4) is 0 Å². The molecule has 0 saturated heterocycles. The highest BCUT2D eigenvalue weighted by atomic mass is 32.1. The highest BCUT2D eigenvalue weighted by Gasteiger charge is 2.10. The minimum Gasteiger partial charge on any atom is -0.330 e. The molecule has 22 heavy (non-hydrogen) atoms. The van der Waals surface area contributed by atoms with Crippen LogP contribution in [0.25, 0.3) is 10.7 Å². The van der Waals surface area contributed by atoms with Gasteiger partial charge in [-0.1, -0.05) is 13.8 Å². The summed E-state index contributed by atoms with van der Waals surface area (Å²) >= 11 is 1.86. The van der Waals surface area contributed by atoms with Crippen LogP contribution in [0.15, 0.2) is 36.9 Å². The van der Waals surface area contributed by atoms with Crippen LogP contribution in [-0.4, -0.2) is 19.3 Å². The van der Waals surface area contributed by atoms with Crippen LogP contribution in [0, 0.1) is 5.92 Å². The zero-order valence-electron chi connectivity index (χ0n) is 13.4. The van der Waals surface area contributed by atoms with Crippen molar-refractivity contribution < 1.29 is 0 Å². The van der Waals surface area contributed by atoms with Crippen molar-refractivity contribution in [3.63, 3.8) is 0 Å². The molecule has 3 aromatic rings. The summed E-state index contributed by atoms with van der Waals surface area (Å²) in [4.78, 5) is 7.24. The Hall–Kier alpha value is -1.88. The fraction of sp³-hybridized carbons (Fsp3) is 0.412. The van der Waals surface area contributed by atoms with Gasteiger partial charge >= 0.3 is 0 Å². The highest BCUT2D eigenvalue weighted by Crippen LogP contribution is 2.28. The molecule has 0 N–H and O–H groups in total. The molecule has 0 bridgehead atoms. The van der Waals surface area contributed by atoms with E-state index in [-0.39, 0.29) is 0 Å². The van der Waals surface area contributed by atoms with Gasteiger partial charge in [-0.2, -0.15) is 5.10 Å². The predicted octanol–water partition coefficient (Wildman–Crippen LogP) is 3.79. The Morgan fingerprint density at radius 1 is 1.27 bits per heavy atom. The maximum absolute atomic E-state index is 4.55. The zero-order valence-corrected chi connectivity index (χ0v) is 14.2. The largest absolute Gasteiger partial charge is 0.330 e. The van der Waals surface area contributed by atoms with Gasteiger partial charge in [-0.25, -0.2) is 4.98 Å². The number of thiophene rings is 1. The molecule has 0 aromatic carbocycles. The van der Waals surface area contributed by atoms with Crippen molar-refractivity contribution >= 4 is 11.3 Å². The zero-order chi connectivity index (χ0) is 15.5. The van der Waals surface area contributed by atoms with Crippen molar-refractivity contribution in [1.82, 2.24) is 19.3 Å². The maximum Gasteiger partial charge on any atom is 0.150 e. The summed E-state index contributed by atoms with van der Waals surface area (Å²) in [5.74, 6) is 1.76. The Morgan fingerprint density at radius 2 is 2.14 bits per heavy atom. The number of nitrogens with zero attached hydrogens (tertiary/aromatic N) is 4. The van der Waals surface area contributed by atoms with Crippen molar-refractivity contribution in [2.75, 3.05) is 0 Å². The number of hydrogen-bond donors (Lipinski definition) is 0. The molecule has 0 saturated carbocycles. The third-order valence-corrected chi connectivity index (χ3v) is 4.71. The van der Waals surface area contributed by atoms with Crippen LogP contribution in [0.4, 0.5) is 0 Å². The van der Waals surface area contributed by atoms with Gasteiger partial charge in [-0.3, -0.25) is 4.68 Å². The molecule has 0 aliphatic rings. The molecule has 116 valence electrons. The number of imidazole rings is 1. The lowest BCUT2D eigenvalue weighted by Gasteiger charge is -2.05. The van der Waals surface area contributed by atoms with Crippen molar-refractivity contribution in [1.29, 1.82) is 0 Å². The molecule has 0 unspecified atom stereocenters. The molecule has 0 aliphatic heterocycles. The molecule has 0 amide bonds. The summed E-state index contributed by atoms with van der Waals surface area (Å²) in [6.45, 7) is 5.45. The lowest BCUT2D eigenvalue weighted by atomic mass is 10.1. The van der Waals surface area contributed by atoms with Crippen molar-refractivity contribution in [3.05, 3.63) is 47.4 Å². The molecule has 3 rings (SSSR count). The Kier molecular flexibility index (Phi) is 4.43. The van der Waals surface area contributed by atoms with E-state index >= 15 is 0 Å². The van der Waals surface area contributed by atoms with E-state index in [0.29, 0.717) is 5.92 Å². The van der Waals surface area contributed by atoms with Crippen molar-refractivity contribution in [2.24, 2.45) is 13.0 Å². The first-order valence-corrected chi connectivity index (χ1v) is 8.51. The molecule has 3 heterocycles. The van der Waals surface area contributed by atoms with Gasteiger partial charge in [-0.15, -0.1) is 11.3 Å². The van der Waals surface area contributed by atoms with Gasteiger partial charge in [0, 0.05) is 37.1 Å². The second-order valence-electron chi connectivity index (χ2n) is 6.08. The SMILES string of the molecule is CC(C)Cc1ccc(-c2nccn2CCc2cnn(C)c2)s1. The van der Waals surface area contributed by atoms with Crippen LogP contribution >= 0.6 is 11.3 Å². The normalized spacial score (nSPS) is 11.5. The fourth-order valence-electron chi connectivity index (χ4n) is 2.58. The molecule has 0 radical (unpaired) electrons. The lowest BCUT2D eigenvalue weighted by molar-refractivity contribution is 0.654. The van der Waals surface area contributed by atoms with E-state index < -0.39 is 0 Å². The average molecular weight is 314 g/mol. The van der Waals surface area contributed by atoms with Gasteiger partial charge in [0.1, 0.15) is 5.82 Å². The van der Waals surface area contributed by atoms with E-state index in [2.05, 4.69) is 53.0 Å². The molecular weight excluding hydrogens is 292 g/mol. The summed E-state index contributed by atoms with van der Waals surface area (Å²) in [6, 6.07) is 4.44. The van der Waals surface area contributed by atoms with Crippen LogP contribution in [-0.2, 0) is 26.4 Å². The summed E-state index contributed by atoms with van der Waals surface area (Å²) in [6.07, 6.45) is 10.1. The molecule has 5 heteroatoms. The fourth-order valence-corrected chi connectivity index (χ4v) is 3.81. The second-order valence-corrected chi connectivity index (χ2v) is 7.25. The molecular formula is C17H22N4S. The third kappa shape index (κ3) is 3.47. The van der Waals surface area contributed by atoms with E-state index in [1.54, 1.807) is 0 Å². The summed E-state index contributed by atoms with van der Waals surface area (Å²) < 4.78 is 4.08. The molecule has 0 spiro atoms. The molecule has 4 nitrogen and oxygen atoms in total. The first-order chi connectivity index (χ1) is 10.6. The first kappa shape index (κ1) is 15.0. The molecule has 0 fully saturated rings. The lowest BCUT2D eigenvalue weighted by Crippen LogP contribution is -2.01. The standard InChI is InChI=1S/C17H22N4S/c1-13(2)10-15-4-5-16(22-15)17-18-7-9-21(17)8-6-14-11-19-20(3)12-14/h4-5,7,9,11-13H,6,8,10H2,1-3H3. The van der Waals surface area contributed by atoms with Crippen LogP contribution < -0.4 is 0 Å². The number of aromatic nitrogens is 4.